The topological polar surface area (TPSA) is 90.7 Å². The van der Waals surface area contributed by atoms with Crippen LogP contribution in [0.2, 0.25) is 0 Å². The molecule has 21 heavy (non-hydrogen) atoms. The van der Waals surface area contributed by atoms with E-state index in [1.165, 1.54) is 12.1 Å². The van der Waals surface area contributed by atoms with Crippen LogP contribution in [0.1, 0.15) is 11.3 Å². The van der Waals surface area contributed by atoms with Gasteiger partial charge in [-0.25, -0.2) is 8.42 Å². The molecule has 0 spiro atoms. The molecule has 112 valence electrons. The van der Waals surface area contributed by atoms with E-state index in [9.17, 15) is 8.42 Å². The van der Waals surface area contributed by atoms with Gasteiger partial charge < -0.3 is 14.0 Å². The van der Waals surface area contributed by atoms with Gasteiger partial charge in [-0.3, -0.25) is 4.72 Å². The molecule has 1 aromatic carbocycles. The first-order chi connectivity index (χ1) is 9.95. The lowest BCUT2D eigenvalue weighted by Gasteiger charge is -2.20. The fraction of sp³-hybridized carbons (Fsp3) is 0.308. The van der Waals surface area contributed by atoms with Crippen molar-refractivity contribution < 1.29 is 22.4 Å². The highest BCUT2D eigenvalue weighted by molar-refractivity contribution is 7.92. The summed E-state index contributed by atoms with van der Waals surface area (Å²) in [5.41, 5.74) is 0.562. The zero-order chi connectivity index (χ0) is 15.0. The second-order valence-corrected chi connectivity index (χ2v) is 6.34. The van der Waals surface area contributed by atoms with E-state index in [2.05, 4.69) is 9.88 Å². The van der Waals surface area contributed by atoms with Crippen molar-refractivity contribution in [3.05, 3.63) is 29.5 Å². The lowest BCUT2D eigenvalue weighted by molar-refractivity contribution is 0.171. The summed E-state index contributed by atoms with van der Waals surface area (Å²) in [7, 11) is -3.77. The number of nitrogens with zero attached hydrogens (tertiary/aromatic N) is 1. The average molecular weight is 310 g/mol. The second-order valence-electron chi connectivity index (χ2n) is 4.69. The molecule has 0 unspecified atom stereocenters. The van der Waals surface area contributed by atoms with Gasteiger partial charge >= 0.3 is 0 Å². The van der Waals surface area contributed by atoms with Crippen LogP contribution in [0.15, 0.2) is 27.6 Å². The first kappa shape index (κ1) is 13.7. The molecule has 0 saturated heterocycles. The van der Waals surface area contributed by atoms with Gasteiger partial charge in [0.15, 0.2) is 17.3 Å². The molecule has 0 atom stereocenters. The number of anilines is 1. The van der Waals surface area contributed by atoms with Crippen LogP contribution in [0.5, 0.6) is 11.5 Å². The predicted octanol–water partition coefficient (Wildman–Crippen LogP) is 1.86. The Hall–Kier alpha value is -2.22. The Morgan fingerprint density at radius 1 is 1.10 bits per heavy atom. The van der Waals surface area contributed by atoms with Crippen molar-refractivity contribution >= 4 is 15.8 Å². The molecule has 0 amide bonds. The zero-order valence-electron chi connectivity index (χ0n) is 11.5. The van der Waals surface area contributed by atoms with Gasteiger partial charge in [-0.05, 0) is 25.5 Å². The normalized spacial score (nSPS) is 14.0. The number of benzene rings is 1. The van der Waals surface area contributed by atoms with Crippen LogP contribution in [0.4, 0.5) is 5.82 Å². The number of hydrogen-bond acceptors (Lipinski definition) is 6. The Morgan fingerprint density at radius 3 is 2.38 bits per heavy atom. The van der Waals surface area contributed by atoms with E-state index in [1.807, 2.05) is 0 Å². The van der Waals surface area contributed by atoms with Crippen LogP contribution >= 0.6 is 0 Å². The molecule has 0 fully saturated rings. The second kappa shape index (κ2) is 4.96. The standard InChI is InChI=1S/C13H14N2O5S/c1-8-5-10-11(19-4-3-18-10)7-12(8)21(16,17)15-13-6-9(2)20-14-13/h5-7H,3-4H2,1-2H3,(H,14,15). The van der Waals surface area contributed by atoms with Gasteiger partial charge in [0.2, 0.25) is 0 Å². The first-order valence-electron chi connectivity index (χ1n) is 6.32. The molecular formula is C13H14N2O5S. The zero-order valence-corrected chi connectivity index (χ0v) is 12.4. The van der Waals surface area contributed by atoms with Crippen molar-refractivity contribution in [2.24, 2.45) is 0 Å². The molecular weight excluding hydrogens is 296 g/mol. The molecule has 1 aromatic heterocycles. The van der Waals surface area contributed by atoms with Gasteiger partial charge in [-0.2, -0.15) is 0 Å². The van der Waals surface area contributed by atoms with Crippen LogP contribution in [-0.2, 0) is 10.0 Å². The molecule has 3 rings (SSSR count). The third-order valence-corrected chi connectivity index (χ3v) is 4.49. The van der Waals surface area contributed by atoms with Crippen molar-refractivity contribution in [2.75, 3.05) is 17.9 Å². The van der Waals surface area contributed by atoms with E-state index in [-0.39, 0.29) is 10.7 Å². The molecule has 8 heteroatoms. The quantitative estimate of drug-likeness (QED) is 0.930. The van der Waals surface area contributed by atoms with Crippen LogP contribution in [0.3, 0.4) is 0 Å². The largest absolute Gasteiger partial charge is 0.486 e. The number of hydrogen-bond donors (Lipinski definition) is 1. The summed E-state index contributed by atoms with van der Waals surface area (Å²) < 4.78 is 42.9. The molecule has 2 aromatic rings. The molecule has 0 aliphatic carbocycles. The average Bonchev–Trinajstić information content (AvgIpc) is 2.82. The summed E-state index contributed by atoms with van der Waals surface area (Å²) in [4.78, 5) is 0.118. The van der Waals surface area contributed by atoms with E-state index < -0.39 is 10.0 Å². The minimum Gasteiger partial charge on any atom is -0.486 e. The molecule has 7 nitrogen and oxygen atoms in total. The number of nitrogens with one attached hydrogen (secondary N) is 1. The van der Waals surface area contributed by atoms with Gasteiger partial charge in [0.25, 0.3) is 10.0 Å². The third-order valence-electron chi connectivity index (χ3n) is 3.00. The monoisotopic (exact) mass is 310 g/mol. The number of fused-ring (bicyclic) bond motifs is 1. The van der Waals surface area contributed by atoms with Crippen molar-refractivity contribution in [3.63, 3.8) is 0 Å². The summed E-state index contributed by atoms with van der Waals surface area (Å²) in [6, 6.07) is 4.61. The van der Waals surface area contributed by atoms with Crippen molar-refractivity contribution in [3.8, 4) is 11.5 Å². The number of sulfonamides is 1. The molecule has 1 aliphatic rings. The van der Waals surface area contributed by atoms with E-state index >= 15 is 0 Å². The maximum absolute atomic E-state index is 12.4. The minimum absolute atomic E-state index is 0.118. The van der Waals surface area contributed by atoms with Gasteiger partial charge in [0.05, 0.1) is 4.90 Å². The van der Waals surface area contributed by atoms with Crippen LogP contribution < -0.4 is 14.2 Å². The Balaban J connectivity index is 1.98. The maximum Gasteiger partial charge on any atom is 0.263 e. The van der Waals surface area contributed by atoms with E-state index in [4.69, 9.17) is 14.0 Å². The summed E-state index contributed by atoms with van der Waals surface area (Å²) in [5, 5.41) is 3.62. The highest BCUT2D eigenvalue weighted by Gasteiger charge is 2.23. The van der Waals surface area contributed by atoms with Gasteiger partial charge in [-0.1, -0.05) is 5.16 Å². The van der Waals surface area contributed by atoms with Crippen molar-refractivity contribution in [1.29, 1.82) is 0 Å². The Labute approximate surface area is 121 Å². The number of ether oxygens (including phenoxy) is 2. The Morgan fingerprint density at radius 2 is 1.76 bits per heavy atom. The molecule has 2 heterocycles. The molecule has 0 bridgehead atoms. The number of aromatic nitrogens is 1. The highest BCUT2D eigenvalue weighted by Crippen LogP contribution is 2.35. The summed E-state index contributed by atoms with van der Waals surface area (Å²) in [6.45, 7) is 4.22. The van der Waals surface area contributed by atoms with E-state index in [0.29, 0.717) is 36.0 Å². The first-order valence-corrected chi connectivity index (χ1v) is 7.80. The maximum atomic E-state index is 12.4. The van der Waals surface area contributed by atoms with Gasteiger partial charge in [-0.15, -0.1) is 0 Å². The molecule has 0 saturated carbocycles. The molecule has 1 aliphatic heterocycles. The third kappa shape index (κ3) is 2.66. The van der Waals surface area contributed by atoms with E-state index in [0.717, 1.165) is 0 Å². The van der Waals surface area contributed by atoms with E-state index in [1.54, 1.807) is 19.9 Å². The fourth-order valence-corrected chi connectivity index (χ4v) is 3.29. The predicted molar refractivity (Wildman–Crippen MR) is 74.2 cm³/mol. The Kier molecular flexibility index (Phi) is 3.25. The van der Waals surface area contributed by atoms with Crippen LogP contribution in [0, 0.1) is 13.8 Å². The molecule has 1 N–H and O–H groups in total. The number of aryl methyl sites for hydroxylation is 2. The molecule has 0 radical (unpaired) electrons. The summed E-state index contributed by atoms with van der Waals surface area (Å²) in [5.74, 6) is 1.63. The van der Waals surface area contributed by atoms with Crippen molar-refractivity contribution in [2.45, 2.75) is 18.7 Å². The lowest BCUT2D eigenvalue weighted by atomic mass is 10.2. The minimum atomic E-state index is -3.77. The number of rotatable bonds is 3. The van der Waals surface area contributed by atoms with Crippen molar-refractivity contribution in [1.82, 2.24) is 5.16 Å². The SMILES string of the molecule is Cc1cc(NS(=O)(=O)c2cc3c(cc2C)OCCO3)no1. The highest BCUT2D eigenvalue weighted by atomic mass is 32.2. The fourth-order valence-electron chi connectivity index (χ4n) is 2.07. The lowest BCUT2D eigenvalue weighted by Crippen LogP contribution is -2.18. The Bertz CT molecular complexity index is 782. The van der Waals surface area contributed by atoms with Crippen LogP contribution in [-0.4, -0.2) is 26.8 Å². The smallest absolute Gasteiger partial charge is 0.263 e. The summed E-state index contributed by atoms with van der Waals surface area (Å²) in [6.07, 6.45) is 0. The van der Waals surface area contributed by atoms with Gasteiger partial charge in [0.1, 0.15) is 19.0 Å². The summed E-state index contributed by atoms with van der Waals surface area (Å²) >= 11 is 0. The van der Waals surface area contributed by atoms with Crippen LogP contribution in [0.25, 0.3) is 0 Å². The van der Waals surface area contributed by atoms with Gasteiger partial charge in [0, 0.05) is 12.1 Å².